The Balaban J connectivity index is 1.68. The van der Waals surface area contributed by atoms with Crippen LogP contribution in [0.15, 0.2) is 30.3 Å². The van der Waals surface area contributed by atoms with E-state index < -0.39 is 11.6 Å². The van der Waals surface area contributed by atoms with Crippen LogP contribution in [0.4, 0.5) is 20.3 Å². The normalized spacial score (nSPS) is 14.7. The molecule has 0 bridgehead atoms. The van der Waals surface area contributed by atoms with Gasteiger partial charge in [0.25, 0.3) is 5.91 Å². The van der Waals surface area contributed by atoms with E-state index in [-0.39, 0.29) is 29.1 Å². The Kier molecular flexibility index (Phi) is 4.45. The van der Waals surface area contributed by atoms with Crippen LogP contribution >= 0.6 is 0 Å². The van der Waals surface area contributed by atoms with Gasteiger partial charge in [-0.15, -0.1) is 10.2 Å². The van der Waals surface area contributed by atoms with E-state index in [0.29, 0.717) is 0 Å². The molecule has 23 heavy (non-hydrogen) atoms. The molecular formula is C16H16F2N4O. The first-order valence-corrected chi connectivity index (χ1v) is 7.49. The molecule has 0 saturated heterocycles. The zero-order chi connectivity index (χ0) is 16.2. The van der Waals surface area contributed by atoms with Crippen LogP contribution in [0.25, 0.3) is 0 Å². The summed E-state index contributed by atoms with van der Waals surface area (Å²) in [5, 5.41) is 13.0. The minimum absolute atomic E-state index is 0.159. The minimum Gasteiger partial charge on any atom is -0.348 e. The summed E-state index contributed by atoms with van der Waals surface area (Å²) in [5.41, 5.74) is -0.124. The number of rotatable bonds is 4. The molecule has 7 heteroatoms. The second-order valence-corrected chi connectivity index (χ2v) is 5.48. The number of nitrogens with zero attached hydrogens (tertiary/aromatic N) is 2. The SMILES string of the molecule is O=C(NC1CCCC1)c1ccc(Nc2c(F)cccc2F)nn1. The highest BCUT2D eigenvalue weighted by Gasteiger charge is 2.19. The summed E-state index contributed by atoms with van der Waals surface area (Å²) in [7, 11) is 0. The molecule has 0 unspecified atom stereocenters. The molecule has 2 N–H and O–H groups in total. The number of aromatic nitrogens is 2. The number of halogens is 2. The lowest BCUT2D eigenvalue weighted by Crippen LogP contribution is -2.33. The van der Waals surface area contributed by atoms with Crippen LogP contribution in [0.5, 0.6) is 0 Å². The highest BCUT2D eigenvalue weighted by molar-refractivity contribution is 5.92. The lowest BCUT2D eigenvalue weighted by molar-refractivity contribution is 0.0932. The number of carbonyl (C=O) groups is 1. The van der Waals surface area contributed by atoms with E-state index in [1.807, 2.05) is 0 Å². The van der Waals surface area contributed by atoms with Crippen molar-refractivity contribution in [3.63, 3.8) is 0 Å². The van der Waals surface area contributed by atoms with Crippen molar-refractivity contribution in [1.82, 2.24) is 15.5 Å². The van der Waals surface area contributed by atoms with E-state index in [4.69, 9.17) is 0 Å². The fraction of sp³-hybridized carbons (Fsp3) is 0.312. The van der Waals surface area contributed by atoms with Crippen LogP contribution in [-0.4, -0.2) is 22.1 Å². The molecule has 1 fully saturated rings. The molecule has 0 radical (unpaired) electrons. The molecule has 0 spiro atoms. The first-order valence-electron chi connectivity index (χ1n) is 7.49. The average Bonchev–Trinajstić information content (AvgIpc) is 3.04. The van der Waals surface area contributed by atoms with Crippen LogP contribution < -0.4 is 10.6 Å². The van der Waals surface area contributed by atoms with E-state index in [0.717, 1.165) is 37.8 Å². The first kappa shape index (κ1) is 15.3. The van der Waals surface area contributed by atoms with Crippen molar-refractivity contribution in [3.05, 3.63) is 47.7 Å². The molecule has 1 aliphatic carbocycles. The van der Waals surface area contributed by atoms with Gasteiger partial charge < -0.3 is 10.6 Å². The van der Waals surface area contributed by atoms with Crippen LogP contribution in [-0.2, 0) is 0 Å². The molecule has 0 aliphatic heterocycles. The minimum atomic E-state index is -0.727. The number of hydrogen-bond acceptors (Lipinski definition) is 4. The summed E-state index contributed by atoms with van der Waals surface area (Å²) >= 11 is 0. The number of hydrogen-bond donors (Lipinski definition) is 2. The number of benzene rings is 1. The quantitative estimate of drug-likeness (QED) is 0.908. The predicted molar refractivity (Wildman–Crippen MR) is 81.4 cm³/mol. The fourth-order valence-corrected chi connectivity index (χ4v) is 2.59. The van der Waals surface area contributed by atoms with Crippen molar-refractivity contribution in [1.29, 1.82) is 0 Å². The molecule has 120 valence electrons. The third-order valence-electron chi connectivity index (χ3n) is 3.80. The first-order chi connectivity index (χ1) is 11.1. The molecule has 1 aromatic heterocycles. The lowest BCUT2D eigenvalue weighted by atomic mass is 10.2. The van der Waals surface area contributed by atoms with Gasteiger partial charge in [0.05, 0.1) is 0 Å². The smallest absolute Gasteiger partial charge is 0.272 e. The van der Waals surface area contributed by atoms with Crippen molar-refractivity contribution in [2.75, 3.05) is 5.32 Å². The van der Waals surface area contributed by atoms with E-state index in [1.54, 1.807) is 0 Å². The van der Waals surface area contributed by atoms with Gasteiger partial charge in [0.15, 0.2) is 11.5 Å². The molecule has 3 rings (SSSR count). The molecular weight excluding hydrogens is 302 g/mol. The fourth-order valence-electron chi connectivity index (χ4n) is 2.59. The highest BCUT2D eigenvalue weighted by atomic mass is 19.1. The van der Waals surface area contributed by atoms with Gasteiger partial charge in [-0.3, -0.25) is 4.79 Å². The van der Waals surface area contributed by atoms with Gasteiger partial charge in [-0.2, -0.15) is 0 Å². The molecule has 1 saturated carbocycles. The zero-order valence-corrected chi connectivity index (χ0v) is 12.4. The second-order valence-electron chi connectivity index (χ2n) is 5.48. The predicted octanol–water partition coefficient (Wildman–Crippen LogP) is 3.17. The number of amides is 1. The third-order valence-corrected chi connectivity index (χ3v) is 3.80. The molecule has 2 aromatic rings. The molecule has 0 atom stereocenters. The maximum absolute atomic E-state index is 13.6. The maximum Gasteiger partial charge on any atom is 0.272 e. The molecule has 1 amide bonds. The maximum atomic E-state index is 13.6. The van der Waals surface area contributed by atoms with Gasteiger partial charge in [0.1, 0.15) is 17.3 Å². The number of para-hydroxylation sites is 1. The Morgan fingerprint density at radius 3 is 2.35 bits per heavy atom. The van der Waals surface area contributed by atoms with Gasteiger partial charge in [-0.1, -0.05) is 18.9 Å². The van der Waals surface area contributed by atoms with Crippen molar-refractivity contribution in [2.24, 2.45) is 0 Å². The van der Waals surface area contributed by atoms with E-state index in [1.165, 1.54) is 18.2 Å². The van der Waals surface area contributed by atoms with Gasteiger partial charge in [0.2, 0.25) is 0 Å². The van der Waals surface area contributed by atoms with Crippen LogP contribution in [0.1, 0.15) is 36.2 Å². The Labute approximate surface area is 132 Å². The van der Waals surface area contributed by atoms with E-state index >= 15 is 0 Å². The van der Waals surface area contributed by atoms with Crippen molar-refractivity contribution >= 4 is 17.4 Å². The molecule has 1 aromatic carbocycles. The topological polar surface area (TPSA) is 66.9 Å². The van der Waals surface area contributed by atoms with E-state index in [9.17, 15) is 13.6 Å². The summed E-state index contributed by atoms with van der Waals surface area (Å²) < 4.78 is 27.1. The Morgan fingerprint density at radius 1 is 1.04 bits per heavy atom. The van der Waals surface area contributed by atoms with Crippen LogP contribution in [0.2, 0.25) is 0 Å². The highest BCUT2D eigenvalue weighted by Crippen LogP contribution is 2.22. The summed E-state index contributed by atoms with van der Waals surface area (Å²) in [4.78, 5) is 12.0. The Morgan fingerprint density at radius 2 is 1.74 bits per heavy atom. The summed E-state index contributed by atoms with van der Waals surface area (Å²) in [6.07, 6.45) is 4.19. The third kappa shape index (κ3) is 3.61. The number of anilines is 2. The van der Waals surface area contributed by atoms with E-state index in [2.05, 4.69) is 20.8 Å². The summed E-state index contributed by atoms with van der Waals surface area (Å²) in [6.45, 7) is 0. The van der Waals surface area contributed by atoms with Gasteiger partial charge in [-0.05, 0) is 37.1 Å². The summed E-state index contributed by atoms with van der Waals surface area (Å²) in [6, 6.07) is 6.68. The number of nitrogens with one attached hydrogen (secondary N) is 2. The van der Waals surface area contributed by atoms with Gasteiger partial charge >= 0.3 is 0 Å². The molecule has 5 nitrogen and oxygen atoms in total. The van der Waals surface area contributed by atoms with Gasteiger partial charge in [0, 0.05) is 6.04 Å². The van der Waals surface area contributed by atoms with Crippen molar-refractivity contribution in [2.45, 2.75) is 31.7 Å². The Hall–Kier alpha value is -2.57. The zero-order valence-electron chi connectivity index (χ0n) is 12.4. The molecule has 1 heterocycles. The van der Waals surface area contributed by atoms with Crippen LogP contribution in [0.3, 0.4) is 0 Å². The lowest BCUT2D eigenvalue weighted by Gasteiger charge is -2.11. The van der Waals surface area contributed by atoms with Crippen LogP contribution in [0, 0.1) is 11.6 Å². The standard InChI is InChI=1S/C16H16F2N4O/c17-11-6-3-7-12(18)15(11)20-14-9-8-13(21-22-14)16(23)19-10-4-1-2-5-10/h3,6-10H,1-2,4-5H2,(H,19,23)(H,20,22). The van der Waals surface area contributed by atoms with Crippen molar-refractivity contribution < 1.29 is 13.6 Å². The summed E-state index contributed by atoms with van der Waals surface area (Å²) in [5.74, 6) is -1.58. The monoisotopic (exact) mass is 318 g/mol. The largest absolute Gasteiger partial charge is 0.348 e. The number of carbonyl (C=O) groups excluding carboxylic acids is 1. The van der Waals surface area contributed by atoms with Crippen molar-refractivity contribution in [3.8, 4) is 0 Å². The van der Waals surface area contributed by atoms with Gasteiger partial charge in [-0.25, -0.2) is 8.78 Å². The second kappa shape index (κ2) is 6.68. The Bertz CT molecular complexity index is 679. The molecule has 1 aliphatic rings. The average molecular weight is 318 g/mol.